The molecule has 1 aromatic rings. The van der Waals surface area contributed by atoms with E-state index < -0.39 is 0 Å². The second-order valence-corrected chi connectivity index (χ2v) is 4.28. The summed E-state index contributed by atoms with van der Waals surface area (Å²) >= 11 is 0. The van der Waals surface area contributed by atoms with E-state index in [1.54, 1.807) is 11.5 Å². The van der Waals surface area contributed by atoms with Crippen LogP contribution in [0, 0.1) is 6.92 Å². The van der Waals surface area contributed by atoms with Gasteiger partial charge in [0.05, 0.1) is 13.2 Å². The summed E-state index contributed by atoms with van der Waals surface area (Å²) in [5.74, 6) is 0.677. The number of aliphatic hydroxyl groups excluding tert-OH is 1. The van der Waals surface area contributed by atoms with E-state index in [-0.39, 0.29) is 24.4 Å². The van der Waals surface area contributed by atoms with E-state index >= 15 is 0 Å². The highest BCUT2D eigenvalue weighted by molar-refractivity contribution is 4.90. The van der Waals surface area contributed by atoms with Crippen LogP contribution in [0.5, 0.6) is 0 Å². The number of hydrogen-bond acceptors (Lipinski definition) is 3. The molecule has 1 N–H and O–H groups in total. The molecular weight excluding hydrogens is 182 g/mol. The average Bonchev–Trinajstić information content (AvgIpc) is 2.26. The first-order chi connectivity index (χ1) is 6.38. The highest BCUT2D eigenvalue weighted by atomic mass is 16.3. The van der Waals surface area contributed by atoms with E-state index in [0.29, 0.717) is 5.82 Å². The summed E-state index contributed by atoms with van der Waals surface area (Å²) in [5, 5.41) is 12.8. The van der Waals surface area contributed by atoms with Gasteiger partial charge in [0.2, 0.25) is 0 Å². The summed E-state index contributed by atoms with van der Waals surface area (Å²) in [5.41, 5.74) is -0.432. The molecule has 0 aliphatic rings. The van der Waals surface area contributed by atoms with Gasteiger partial charge in [-0.25, -0.2) is 9.48 Å². The third-order valence-corrected chi connectivity index (χ3v) is 1.98. The van der Waals surface area contributed by atoms with E-state index in [0.717, 1.165) is 0 Å². The van der Waals surface area contributed by atoms with Gasteiger partial charge in [-0.1, -0.05) is 0 Å². The molecule has 0 aliphatic carbocycles. The van der Waals surface area contributed by atoms with Gasteiger partial charge in [-0.2, -0.15) is 5.10 Å². The maximum absolute atomic E-state index is 11.8. The number of aryl methyl sites for hydroxylation is 1. The summed E-state index contributed by atoms with van der Waals surface area (Å²) in [6.45, 7) is 7.83. The molecule has 0 aliphatic heterocycles. The Labute approximate surface area is 83.0 Å². The van der Waals surface area contributed by atoms with Gasteiger partial charge in [0.1, 0.15) is 5.82 Å². The Hall–Kier alpha value is -1.10. The fourth-order valence-electron chi connectivity index (χ4n) is 1.53. The number of aromatic nitrogens is 3. The molecule has 0 spiro atoms. The van der Waals surface area contributed by atoms with Crippen molar-refractivity contribution in [1.82, 2.24) is 14.3 Å². The molecule has 0 bridgehead atoms. The minimum atomic E-state index is -0.269. The van der Waals surface area contributed by atoms with Gasteiger partial charge < -0.3 is 5.11 Å². The van der Waals surface area contributed by atoms with Gasteiger partial charge >= 0.3 is 5.69 Å². The monoisotopic (exact) mass is 199 g/mol. The molecule has 0 amide bonds. The molecule has 0 radical (unpaired) electrons. The van der Waals surface area contributed by atoms with Gasteiger partial charge in [-0.3, -0.25) is 4.57 Å². The molecular formula is C9H17N3O2. The summed E-state index contributed by atoms with van der Waals surface area (Å²) in [7, 11) is 0. The lowest BCUT2D eigenvalue weighted by Crippen LogP contribution is -2.36. The Morgan fingerprint density at radius 1 is 1.43 bits per heavy atom. The molecule has 0 unspecified atom stereocenters. The maximum Gasteiger partial charge on any atom is 0.346 e. The molecule has 80 valence electrons. The number of nitrogens with zero attached hydrogens (tertiary/aromatic N) is 3. The van der Waals surface area contributed by atoms with Crippen LogP contribution in [0.2, 0.25) is 0 Å². The lowest BCUT2D eigenvalue weighted by Gasteiger charge is -2.20. The third kappa shape index (κ3) is 1.87. The van der Waals surface area contributed by atoms with Gasteiger partial charge in [0.25, 0.3) is 0 Å². The Balaban J connectivity index is 3.26. The molecule has 5 nitrogen and oxygen atoms in total. The topological polar surface area (TPSA) is 60.0 Å². The zero-order valence-electron chi connectivity index (χ0n) is 9.11. The fourth-order valence-corrected chi connectivity index (χ4v) is 1.53. The van der Waals surface area contributed by atoms with Crippen LogP contribution in [0.4, 0.5) is 0 Å². The van der Waals surface area contributed by atoms with Gasteiger partial charge in [0, 0.05) is 5.54 Å². The minimum absolute atomic E-state index is 0.0689. The average molecular weight is 199 g/mol. The van der Waals surface area contributed by atoms with E-state index in [1.165, 1.54) is 4.68 Å². The van der Waals surface area contributed by atoms with Crippen LogP contribution in [0.15, 0.2) is 4.79 Å². The summed E-state index contributed by atoms with van der Waals surface area (Å²) in [6, 6.07) is 0. The molecule has 0 atom stereocenters. The quantitative estimate of drug-likeness (QED) is 0.735. The Morgan fingerprint density at radius 3 is 2.36 bits per heavy atom. The number of rotatable bonds is 2. The van der Waals surface area contributed by atoms with Gasteiger partial charge in [-0.05, 0) is 27.7 Å². The van der Waals surface area contributed by atoms with Crippen molar-refractivity contribution in [2.24, 2.45) is 0 Å². The zero-order chi connectivity index (χ0) is 10.9. The summed E-state index contributed by atoms with van der Waals surface area (Å²) in [4.78, 5) is 11.8. The van der Waals surface area contributed by atoms with Crippen LogP contribution in [-0.2, 0) is 12.1 Å². The standard InChI is InChI=1S/C9H17N3O2/c1-7-10-11(5-6-13)8(14)12(7)9(2,3)4/h13H,5-6H2,1-4H3. The predicted octanol–water partition coefficient (Wildman–Crippen LogP) is 0.101. The summed E-state index contributed by atoms with van der Waals surface area (Å²) in [6.07, 6.45) is 0. The van der Waals surface area contributed by atoms with Crippen molar-refractivity contribution in [1.29, 1.82) is 0 Å². The minimum Gasteiger partial charge on any atom is -0.394 e. The predicted molar refractivity (Wildman–Crippen MR) is 53.3 cm³/mol. The van der Waals surface area contributed by atoms with Crippen molar-refractivity contribution in [3.8, 4) is 0 Å². The molecule has 0 aromatic carbocycles. The fraction of sp³-hybridized carbons (Fsp3) is 0.778. The number of aliphatic hydroxyl groups is 1. The highest BCUT2D eigenvalue weighted by Crippen LogP contribution is 2.11. The van der Waals surface area contributed by atoms with E-state index in [9.17, 15) is 4.79 Å². The first-order valence-corrected chi connectivity index (χ1v) is 4.65. The highest BCUT2D eigenvalue weighted by Gasteiger charge is 2.20. The molecule has 0 saturated carbocycles. The van der Waals surface area contributed by atoms with Crippen LogP contribution >= 0.6 is 0 Å². The largest absolute Gasteiger partial charge is 0.394 e. The van der Waals surface area contributed by atoms with Crippen LogP contribution in [0.3, 0.4) is 0 Å². The second-order valence-electron chi connectivity index (χ2n) is 4.28. The van der Waals surface area contributed by atoms with E-state index in [1.807, 2.05) is 20.8 Å². The Kier molecular flexibility index (Phi) is 2.80. The second kappa shape index (κ2) is 3.57. The van der Waals surface area contributed by atoms with Gasteiger partial charge in [-0.15, -0.1) is 0 Å². The van der Waals surface area contributed by atoms with Crippen molar-refractivity contribution in [3.05, 3.63) is 16.3 Å². The molecule has 0 fully saturated rings. The SMILES string of the molecule is Cc1nn(CCO)c(=O)n1C(C)(C)C. The van der Waals surface area contributed by atoms with Crippen molar-refractivity contribution in [3.63, 3.8) is 0 Å². The van der Waals surface area contributed by atoms with Crippen LogP contribution < -0.4 is 5.69 Å². The molecule has 1 aromatic heterocycles. The molecule has 5 heteroatoms. The lowest BCUT2D eigenvalue weighted by molar-refractivity contribution is 0.265. The van der Waals surface area contributed by atoms with Gasteiger partial charge in [0.15, 0.2) is 0 Å². The normalized spacial score (nSPS) is 12.1. The third-order valence-electron chi connectivity index (χ3n) is 1.98. The van der Waals surface area contributed by atoms with E-state index in [4.69, 9.17) is 5.11 Å². The maximum atomic E-state index is 11.8. The molecule has 1 heterocycles. The van der Waals surface area contributed by atoms with Crippen LogP contribution in [-0.4, -0.2) is 26.1 Å². The summed E-state index contributed by atoms with van der Waals surface area (Å²) < 4.78 is 2.92. The van der Waals surface area contributed by atoms with Crippen LogP contribution in [0.25, 0.3) is 0 Å². The first kappa shape index (κ1) is 11.0. The lowest BCUT2D eigenvalue weighted by atomic mass is 10.1. The Bertz CT molecular complexity index is 370. The van der Waals surface area contributed by atoms with Crippen molar-refractivity contribution < 1.29 is 5.11 Å². The molecule has 1 rings (SSSR count). The Morgan fingerprint density at radius 2 is 2.00 bits per heavy atom. The molecule has 0 saturated heterocycles. The number of hydrogen-bond donors (Lipinski definition) is 1. The van der Waals surface area contributed by atoms with Crippen LogP contribution in [0.1, 0.15) is 26.6 Å². The molecule has 14 heavy (non-hydrogen) atoms. The smallest absolute Gasteiger partial charge is 0.346 e. The zero-order valence-corrected chi connectivity index (χ0v) is 9.11. The van der Waals surface area contributed by atoms with Crippen molar-refractivity contribution >= 4 is 0 Å². The van der Waals surface area contributed by atoms with Crippen molar-refractivity contribution in [2.45, 2.75) is 39.8 Å². The first-order valence-electron chi connectivity index (χ1n) is 4.65. The van der Waals surface area contributed by atoms with E-state index in [2.05, 4.69) is 5.10 Å². The van der Waals surface area contributed by atoms with Crippen molar-refractivity contribution in [2.75, 3.05) is 6.61 Å².